The second-order valence-electron chi connectivity index (χ2n) is 3.73. The monoisotopic (exact) mass is 361 g/mol. The Balaban J connectivity index is 0.00000361. The number of sulfonamides is 1. The van der Waals surface area contributed by atoms with Crippen LogP contribution in [0.1, 0.15) is 12.8 Å². The van der Waals surface area contributed by atoms with Crippen molar-refractivity contribution in [1.29, 1.82) is 0 Å². The van der Waals surface area contributed by atoms with Gasteiger partial charge in [-0.25, -0.2) is 13.1 Å². The fourth-order valence-electron chi connectivity index (χ4n) is 1.23. The second kappa shape index (κ2) is 9.54. The maximum atomic E-state index is 11.8. The smallest absolute Gasteiger partial charge is 0.250 e. The van der Waals surface area contributed by atoms with Gasteiger partial charge in [0.25, 0.3) is 10.0 Å². The molecule has 0 aliphatic rings. The zero-order chi connectivity index (χ0) is 14.3. The highest BCUT2D eigenvalue weighted by Gasteiger charge is 2.17. The largest absolute Gasteiger partial charge is 0.355 e. The number of halogens is 2. The van der Waals surface area contributed by atoms with Gasteiger partial charge in [-0.15, -0.1) is 23.7 Å². The van der Waals surface area contributed by atoms with Crippen LogP contribution in [0.25, 0.3) is 0 Å². The summed E-state index contributed by atoms with van der Waals surface area (Å²) in [5.41, 5.74) is 5.31. The Labute approximate surface area is 133 Å². The normalized spacial score (nSPS) is 10.9. The summed E-state index contributed by atoms with van der Waals surface area (Å²) in [6, 6.07) is 2.89. The van der Waals surface area contributed by atoms with Crippen molar-refractivity contribution in [3.05, 3.63) is 16.5 Å². The van der Waals surface area contributed by atoms with Gasteiger partial charge < -0.3 is 11.1 Å². The highest BCUT2D eigenvalue weighted by atomic mass is 35.5. The third-order valence-corrected chi connectivity index (χ3v) is 5.31. The molecular weight excluding hydrogens is 345 g/mol. The van der Waals surface area contributed by atoms with Gasteiger partial charge in [0, 0.05) is 6.54 Å². The molecule has 0 aromatic carbocycles. The SMILES string of the molecule is Cl.NCCCCNC(=O)CNS(=O)(=O)c1ccc(Cl)s1. The molecule has 0 bridgehead atoms. The number of thiophene rings is 1. The molecule has 0 atom stereocenters. The zero-order valence-electron chi connectivity index (χ0n) is 10.6. The lowest BCUT2D eigenvalue weighted by atomic mass is 10.3. The van der Waals surface area contributed by atoms with E-state index < -0.39 is 10.0 Å². The molecule has 0 saturated carbocycles. The standard InChI is InChI=1S/C10H16ClN3O3S2.ClH/c11-8-3-4-10(18-8)19(16,17)14-7-9(15)13-6-2-1-5-12;/h3-4,14H,1-2,5-7,12H2,(H,13,15);1H. The predicted octanol–water partition coefficient (Wildman–Crippen LogP) is 0.957. The van der Waals surface area contributed by atoms with E-state index >= 15 is 0 Å². The van der Waals surface area contributed by atoms with Crippen LogP contribution in [0.15, 0.2) is 16.3 Å². The van der Waals surface area contributed by atoms with Crippen molar-refractivity contribution >= 4 is 51.3 Å². The Bertz CT molecular complexity index is 520. The Kier molecular flexibility index (Phi) is 9.36. The average Bonchev–Trinajstić information content (AvgIpc) is 2.80. The van der Waals surface area contributed by atoms with Crippen LogP contribution < -0.4 is 15.8 Å². The molecule has 0 radical (unpaired) electrons. The van der Waals surface area contributed by atoms with E-state index in [-0.39, 0.29) is 29.1 Å². The number of unbranched alkanes of at least 4 members (excludes halogenated alkanes) is 1. The minimum Gasteiger partial charge on any atom is -0.355 e. The predicted molar refractivity (Wildman–Crippen MR) is 83.1 cm³/mol. The molecule has 1 aromatic rings. The van der Waals surface area contributed by atoms with Crippen LogP contribution in [-0.2, 0) is 14.8 Å². The molecule has 1 rings (SSSR count). The summed E-state index contributed by atoms with van der Waals surface area (Å²) in [5.74, 6) is -0.372. The van der Waals surface area contributed by atoms with E-state index in [1.807, 2.05) is 0 Å². The second-order valence-corrected chi connectivity index (χ2v) is 7.44. The highest BCUT2D eigenvalue weighted by Crippen LogP contribution is 2.25. The van der Waals surface area contributed by atoms with Crippen LogP contribution in [0, 0.1) is 0 Å². The van der Waals surface area contributed by atoms with Crippen LogP contribution in [0.2, 0.25) is 4.34 Å². The number of amides is 1. The summed E-state index contributed by atoms with van der Waals surface area (Å²) in [6.07, 6.45) is 1.59. The molecule has 116 valence electrons. The van der Waals surface area contributed by atoms with Gasteiger partial charge in [0.2, 0.25) is 5.91 Å². The minimum absolute atomic E-state index is 0. The summed E-state index contributed by atoms with van der Waals surface area (Å²) in [6.45, 7) is 0.769. The minimum atomic E-state index is -3.67. The topological polar surface area (TPSA) is 101 Å². The number of hydrogen-bond acceptors (Lipinski definition) is 5. The molecule has 1 heterocycles. The summed E-state index contributed by atoms with van der Waals surface area (Å²) < 4.78 is 26.2. The fourth-order valence-corrected chi connectivity index (χ4v) is 3.74. The quantitative estimate of drug-likeness (QED) is 0.600. The molecule has 10 heteroatoms. The lowest BCUT2D eigenvalue weighted by Crippen LogP contribution is -2.37. The summed E-state index contributed by atoms with van der Waals surface area (Å²) in [5, 5.41) is 2.60. The van der Waals surface area contributed by atoms with Crippen molar-refractivity contribution in [2.24, 2.45) is 5.73 Å². The highest BCUT2D eigenvalue weighted by molar-refractivity contribution is 7.91. The molecule has 0 fully saturated rings. The van der Waals surface area contributed by atoms with E-state index in [1.165, 1.54) is 12.1 Å². The average molecular weight is 362 g/mol. The molecule has 0 spiro atoms. The molecule has 1 aromatic heterocycles. The van der Waals surface area contributed by atoms with Gasteiger partial charge in [-0.1, -0.05) is 11.6 Å². The first kappa shape index (κ1) is 19.6. The molecule has 6 nitrogen and oxygen atoms in total. The van der Waals surface area contributed by atoms with Crippen LogP contribution in [0.4, 0.5) is 0 Å². The first-order valence-electron chi connectivity index (χ1n) is 5.67. The van der Waals surface area contributed by atoms with Crippen LogP contribution in [0.5, 0.6) is 0 Å². The van der Waals surface area contributed by atoms with E-state index in [1.54, 1.807) is 0 Å². The molecule has 0 aliphatic heterocycles. The van der Waals surface area contributed by atoms with Gasteiger partial charge in [0.15, 0.2) is 0 Å². The third-order valence-electron chi connectivity index (χ3n) is 2.19. The van der Waals surface area contributed by atoms with Gasteiger partial charge >= 0.3 is 0 Å². The van der Waals surface area contributed by atoms with Crippen LogP contribution in [0.3, 0.4) is 0 Å². The van der Waals surface area contributed by atoms with Crippen LogP contribution in [-0.4, -0.2) is 34.0 Å². The van der Waals surface area contributed by atoms with E-state index in [2.05, 4.69) is 10.0 Å². The number of nitrogens with one attached hydrogen (secondary N) is 2. The van der Waals surface area contributed by atoms with Crippen molar-refractivity contribution in [3.63, 3.8) is 0 Å². The lowest BCUT2D eigenvalue weighted by Gasteiger charge is -2.06. The fraction of sp³-hybridized carbons (Fsp3) is 0.500. The van der Waals surface area contributed by atoms with Crippen molar-refractivity contribution in [3.8, 4) is 0 Å². The van der Waals surface area contributed by atoms with E-state index in [0.29, 0.717) is 17.4 Å². The summed E-state index contributed by atoms with van der Waals surface area (Å²) in [7, 11) is -3.67. The maximum absolute atomic E-state index is 11.8. The van der Waals surface area contributed by atoms with Crippen molar-refractivity contribution in [2.75, 3.05) is 19.6 Å². The Hall–Kier alpha value is -0.380. The first-order chi connectivity index (χ1) is 8.95. The Morgan fingerprint density at radius 1 is 1.35 bits per heavy atom. The molecule has 4 N–H and O–H groups in total. The number of hydrogen-bond donors (Lipinski definition) is 3. The van der Waals surface area contributed by atoms with Crippen molar-refractivity contribution < 1.29 is 13.2 Å². The number of rotatable bonds is 8. The number of carbonyl (C=O) groups excluding carboxylic acids is 1. The van der Waals surface area contributed by atoms with E-state index in [0.717, 1.165) is 24.2 Å². The third kappa shape index (κ3) is 6.87. The molecular formula is C10H17Cl2N3O3S2. The maximum Gasteiger partial charge on any atom is 0.250 e. The molecule has 0 unspecified atom stereocenters. The lowest BCUT2D eigenvalue weighted by molar-refractivity contribution is -0.119. The van der Waals surface area contributed by atoms with E-state index in [4.69, 9.17) is 17.3 Å². The van der Waals surface area contributed by atoms with Gasteiger partial charge in [-0.05, 0) is 31.5 Å². The molecule has 1 amide bonds. The van der Waals surface area contributed by atoms with E-state index in [9.17, 15) is 13.2 Å². The van der Waals surface area contributed by atoms with Gasteiger partial charge in [-0.2, -0.15) is 0 Å². The molecule has 0 saturated heterocycles. The van der Waals surface area contributed by atoms with Crippen molar-refractivity contribution in [2.45, 2.75) is 17.1 Å². The summed E-state index contributed by atoms with van der Waals surface area (Å²) in [4.78, 5) is 11.4. The van der Waals surface area contributed by atoms with Gasteiger partial charge in [0.05, 0.1) is 10.9 Å². The molecule has 20 heavy (non-hydrogen) atoms. The Morgan fingerprint density at radius 3 is 2.60 bits per heavy atom. The van der Waals surface area contributed by atoms with Crippen molar-refractivity contribution in [1.82, 2.24) is 10.0 Å². The van der Waals surface area contributed by atoms with Gasteiger partial charge in [-0.3, -0.25) is 4.79 Å². The van der Waals surface area contributed by atoms with Gasteiger partial charge in [0.1, 0.15) is 4.21 Å². The zero-order valence-corrected chi connectivity index (χ0v) is 13.8. The summed E-state index contributed by atoms with van der Waals surface area (Å²) >= 11 is 6.60. The number of nitrogens with two attached hydrogens (primary N) is 1. The first-order valence-corrected chi connectivity index (χ1v) is 8.35. The molecule has 0 aliphatic carbocycles. The Morgan fingerprint density at radius 2 is 2.05 bits per heavy atom. The number of carbonyl (C=O) groups is 1. The van der Waals surface area contributed by atoms with Crippen LogP contribution >= 0.6 is 35.3 Å².